The zero-order chi connectivity index (χ0) is 12.1. The van der Waals surface area contributed by atoms with E-state index in [1.807, 2.05) is 18.2 Å². The molecule has 0 aromatic carbocycles. The molecule has 6 heteroatoms. The molecule has 1 aliphatic heterocycles. The maximum absolute atomic E-state index is 11.3. The summed E-state index contributed by atoms with van der Waals surface area (Å²) in [5.41, 5.74) is 1.02. The van der Waals surface area contributed by atoms with Gasteiger partial charge in [-0.3, -0.25) is 9.88 Å². The van der Waals surface area contributed by atoms with Crippen LogP contribution in [0.2, 0.25) is 0 Å². The van der Waals surface area contributed by atoms with E-state index in [4.69, 9.17) is 0 Å². The number of hydrogen-bond donors (Lipinski definition) is 1. The Morgan fingerprint density at radius 3 is 3.00 bits per heavy atom. The van der Waals surface area contributed by atoms with Crippen LogP contribution in [0.25, 0.3) is 0 Å². The Morgan fingerprint density at radius 1 is 1.35 bits per heavy atom. The van der Waals surface area contributed by atoms with Gasteiger partial charge in [0, 0.05) is 25.8 Å². The lowest BCUT2D eigenvalue weighted by molar-refractivity contribution is 0.264. The fourth-order valence-corrected chi connectivity index (χ4v) is 2.96. The fraction of sp³-hybridized carbons (Fsp3) is 0.545. The van der Waals surface area contributed by atoms with Crippen LogP contribution in [-0.4, -0.2) is 43.7 Å². The molecule has 17 heavy (non-hydrogen) atoms. The molecule has 0 spiro atoms. The van der Waals surface area contributed by atoms with E-state index in [-0.39, 0.29) is 5.75 Å². The second-order valence-electron chi connectivity index (χ2n) is 4.16. The van der Waals surface area contributed by atoms with Gasteiger partial charge in [-0.15, -0.1) is 0 Å². The Bertz CT molecular complexity index is 431. The average molecular weight is 255 g/mol. The van der Waals surface area contributed by atoms with Gasteiger partial charge in [0.2, 0.25) is 10.0 Å². The Hall–Kier alpha value is -0.980. The van der Waals surface area contributed by atoms with Gasteiger partial charge in [0.25, 0.3) is 0 Å². The highest BCUT2D eigenvalue weighted by Crippen LogP contribution is 2.04. The van der Waals surface area contributed by atoms with Crippen molar-refractivity contribution in [2.24, 2.45) is 0 Å². The molecule has 1 N–H and O–H groups in total. The van der Waals surface area contributed by atoms with E-state index < -0.39 is 10.0 Å². The van der Waals surface area contributed by atoms with E-state index in [1.165, 1.54) is 0 Å². The third kappa shape index (κ3) is 4.07. The van der Waals surface area contributed by atoms with Crippen molar-refractivity contribution in [3.63, 3.8) is 0 Å². The van der Waals surface area contributed by atoms with Crippen molar-refractivity contribution in [3.05, 3.63) is 30.1 Å². The summed E-state index contributed by atoms with van der Waals surface area (Å²) in [6.07, 6.45) is 2.45. The van der Waals surface area contributed by atoms with Crippen LogP contribution in [0.1, 0.15) is 12.1 Å². The lowest BCUT2D eigenvalue weighted by Crippen LogP contribution is -2.40. The summed E-state index contributed by atoms with van der Waals surface area (Å²) in [5.74, 6) is 0.214. The van der Waals surface area contributed by atoms with Crippen LogP contribution in [0.15, 0.2) is 24.4 Å². The van der Waals surface area contributed by atoms with Crippen molar-refractivity contribution in [3.8, 4) is 0 Å². The molecule has 0 radical (unpaired) electrons. The van der Waals surface area contributed by atoms with Crippen LogP contribution < -0.4 is 4.72 Å². The predicted molar refractivity (Wildman–Crippen MR) is 65.9 cm³/mol. The van der Waals surface area contributed by atoms with E-state index in [9.17, 15) is 8.42 Å². The third-order valence-electron chi connectivity index (χ3n) is 2.75. The van der Waals surface area contributed by atoms with Gasteiger partial charge >= 0.3 is 0 Å². The van der Waals surface area contributed by atoms with E-state index in [0.717, 1.165) is 25.3 Å². The Kier molecular flexibility index (Phi) is 4.09. The lowest BCUT2D eigenvalue weighted by Gasteiger charge is -2.24. The van der Waals surface area contributed by atoms with Gasteiger partial charge in [0.1, 0.15) is 0 Å². The maximum atomic E-state index is 11.3. The van der Waals surface area contributed by atoms with Gasteiger partial charge < -0.3 is 0 Å². The van der Waals surface area contributed by atoms with Gasteiger partial charge in [-0.05, 0) is 25.1 Å². The van der Waals surface area contributed by atoms with Crippen molar-refractivity contribution < 1.29 is 8.42 Å². The Labute approximate surface area is 102 Å². The normalized spacial score (nSPS) is 21.6. The smallest absolute Gasteiger partial charge is 0.211 e. The average Bonchev–Trinajstić information content (AvgIpc) is 2.27. The highest BCUT2D eigenvalue weighted by atomic mass is 32.2. The highest BCUT2D eigenvalue weighted by molar-refractivity contribution is 7.89. The molecule has 5 nitrogen and oxygen atoms in total. The third-order valence-corrected chi connectivity index (χ3v) is 4.22. The van der Waals surface area contributed by atoms with Gasteiger partial charge in [-0.25, -0.2) is 13.1 Å². The van der Waals surface area contributed by atoms with Crippen LogP contribution in [0.5, 0.6) is 0 Å². The van der Waals surface area contributed by atoms with Crippen LogP contribution in [0.3, 0.4) is 0 Å². The standard InChI is InChI=1S/C11H17N3O2S/c15-17(16)9-3-7-14(8-6-13-17)10-11-4-1-2-5-12-11/h1-2,4-5,13H,3,6-10H2. The summed E-state index contributed by atoms with van der Waals surface area (Å²) in [7, 11) is -3.03. The van der Waals surface area contributed by atoms with Crippen LogP contribution in [0.4, 0.5) is 0 Å². The van der Waals surface area contributed by atoms with Gasteiger partial charge in [0.05, 0.1) is 11.4 Å². The monoisotopic (exact) mass is 255 g/mol. The SMILES string of the molecule is O=S1(=O)CCCN(Cc2ccccn2)CCN1. The van der Waals surface area contributed by atoms with Crippen LogP contribution in [0, 0.1) is 0 Å². The van der Waals surface area contributed by atoms with Crippen molar-refractivity contribution >= 4 is 10.0 Å². The Morgan fingerprint density at radius 2 is 2.24 bits per heavy atom. The molecular weight excluding hydrogens is 238 g/mol. The summed E-state index contributed by atoms with van der Waals surface area (Å²) < 4.78 is 25.3. The molecule has 1 aliphatic rings. The van der Waals surface area contributed by atoms with E-state index in [2.05, 4.69) is 14.6 Å². The van der Waals surface area contributed by atoms with Crippen LogP contribution >= 0.6 is 0 Å². The van der Waals surface area contributed by atoms with Gasteiger partial charge in [-0.2, -0.15) is 0 Å². The number of pyridine rings is 1. The molecule has 2 rings (SSSR count). The topological polar surface area (TPSA) is 62.3 Å². The Balaban J connectivity index is 1.91. The summed E-state index contributed by atoms with van der Waals surface area (Å²) in [4.78, 5) is 6.50. The molecule has 0 bridgehead atoms. The zero-order valence-corrected chi connectivity index (χ0v) is 10.5. The van der Waals surface area contributed by atoms with Gasteiger partial charge in [0.15, 0.2) is 0 Å². The minimum atomic E-state index is -3.03. The minimum Gasteiger partial charge on any atom is -0.296 e. The first-order valence-corrected chi connectivity index (χ1v) is 7.40. The summed E-state index contributed by atoms with van der Waals surface area (Å²) in [5, 5.41) is 0. The quantitative estimate of drug-likeness (QED) is 0.820. The fourth-order valence-electron chi connectivity index (χ4n) is 1.90. The first kappa shape index (κ1) is 12.5. The van der Waals surface area contributed by atoms with Gasteiger partial charge in [-0.1, -0.05) is 6.07 Å². The molecular formula is C11H17N3O2S. The predicted octanol–water partition coefficient (Wildman–Crippen LogP) is 0.207. The molecule has 0 atom stereocenters. The lowest BCUT2D eigenvalue weighted by atomic mass is 10.3. The van der Waals surface area contributed by atoms with Crippen LogP contribution in [-0.2, 0) is 16.6 Å². The molecule has 1 aromatic heterocycles. The number of nitrogens with one attached hydrogen (secondary N) is 1. The van der Waals surface area contributed by atoms with Crippen molar-refractivity contribution in [2.45, 2.75) is 13.0 Å². The van der Waals surface area contributed by atoms with E-state index >= 15 is 0 Å². The number of aromatic nitrogens is 1. The molecule has 0 amide bonds. The number of rotatable bonds is 2. The molecule has 1 aromatic rings. The largest absolute Gasteiger partial charge is 0.296 e. The molecule has 0 aliphatic carbocycles. The van der Waals surface area contributed by atoms with Crippen molar-refractivity contribution in [1.82, 2.24) is 14.6 Å². The zero-order valence-electron chi connectivity index (χ0n) is 9.67. The highest BCUT2D eigenvalue weighted by Gasteiger charge is 2.16. The van der Waals surface area contributed by atoms with Crippen molar-refractivity contribution in [2.75, 3.05) is 25.4 Å². The molecule has 1 saturated heterocycles. The summed E-state index contributed by atoms with van der Waals surface area (Å²) in [6.45, 7) is 2.80. The second-order valence-corrected chi connectivity index (χ2v) is 6.09. The molecule has 0 saturated carbocycles. The first-order valence-electron chi connectivity index (χ1n) is 5.75. The molecule has 1 fully saturated rings. The van der Waals surface area contributed by atoms with E-state index in [0.29, 0.717) is 13.0 Å². The van der Waals surface area contributed by atoms with Crippen molar-refractivity contribution in [1.29, 1.82) is 0 Å². The summed E-state index contributed by atoms with van der Waals surface area (Å²) in [6, 6.07) is 5.85. The summed E-state index contributed by atoms with van der Waals surface area (Å²) >= 11 is 0. The maximum Gasteiger partial charge on any atom is 0.211 e. The molecule has 94 valence electrons. The van der Waals surface area contributed by atoms with E-state index in [1.54, 1.807) is 6.20 Å². The number of sulfonamides is 1. The molecule has 2 heterocycles. The second kappa shape index (κ2) is 5.57. The molecule has 0 unspecified atom stereocenters. The minimum absolute atomic E-state index is 0.214. The first-order chi connectivity index (χ1) is 8.16. The number of hydrogen-bond acceptors (Lipinski definition) is 4. The number of nitrogens with zero attached hydrogens (tertiary/aromatic N) is 2.